The second kappa shape index (κ2) is 6.55. The molecule has 1 aromatic rings. The summed E-state index contributed by atoms with van der Waals surface area (Å²) in [6.45, 7) is 0. The molecule has 7 heteroatoms. The first-order valence-electron chi connectivity index (χ1n) is 6.82. The molecule has 0 atom stereocenters. The lowest BCUT2D eigenvalue weighted by atomic mass is 9.89. The molecule has 0 aromatic heterocycles. The highest BCUT2D eigenvalue weighted by atomic mass is 32.2. The van der Waals surface area contributed by atoms with E-state index in [1.165, 1.54) is 12.1 Å². The summed E-state index contributed by atoms with van der Waals surface area (Å²) in [7, 11) is -1.99. The number of nitrogens with two attached hydrogens (primary N) is 1. The summed E-state index contributed by atoms with van der Waals surface area (Å²) in [5.41, 5.74) is 0.904. The van der Waals surface area contributed by atoms with E-state index in [0.717, 1.165) is 18.4 Å². The monoisotopic (exact) mass is 312 g/mol. The number of hydrogen-bond donors (Lipinski definition) is 2. The van der Waals surface area contributed by atoms with E-state index in [1.807, 2.05) is 0 Å². The van der Waals surface area contributed by atoms with Crippen molar-refractivity contribution >= 4 is 15.9 Å². The number of sulfonamides is 1. The van der Waals surface area contributed by atoms with E-state index in [9.17, 15) is 13.2 Å². The molecule has 1 aromatic carbocycles. The van der Waals surface area contributed by atoms with Crippen LogP contribution in [0.5, 0.6) is 0 Å². The van der Waals surface area contributed by atoms with Gasteiger partial charge in [0.1, 0.15) is 0 Å². The van der Waals surface area contributed by atoms with Gasteiger partial charge >= 0.3 is 0 Å². The molecule has 6 nitrogen and oxygen atoms in total. The SMILES string of the molecule is COC1CC(NC(=O)CCc2ccc(S(N)(=O)=O)cc2)C1. The van der Waals surface area contributed by atoms with Crippen LogP contribution in [-0.2, 0) is 26.0 Å². The number of amides is 1. The van der Waals surface area contributed by atoms with Gasteiger partial charge < -0.3 is 10.1 Å². The van der Waals surface area contributed by atoms with Crippen molar-refractivity contribution in [2.45, 2.75) is 42.7 Å². The van der Waals surface area contributed by atoms with Crippen molar-refractivity contribution in [3.63, 3.8) is 0 Å². The molecular formula is C14H20N2O4S. The number of benzene rings is 1. The number of carbonyl (C=O) groups is 1. The van der Waals surface area contributed by atoms with Crippen LogP contribution in [0.15, 0.2) is 29.2 Å². The molecule has 1 amide bonds. The third-order valence-corrected chi connectivity index (χ3v) is 4.62. The Labute approximate surface area is 124 Å². The third kappa shape index (κ3) is 4.52. The molecule has 0 radical (unpaired) electrons. The largest absolute Gasteiger partial charge is 0.381 e. The first kappa shape index (κ1) is 15.9. The van der Waals surface area contributed by atoms with E-state index in [2.05, 4.69) is 5.32 Å². The predicted molar refractivity (Wildman–Crippen MR) is 78.1 cm³/mol. The Hall–Kier alpha value is -1.44. The molecule has 1 fully saturated rings. The van der Waals surface area contributed by atoms with Crippen LogP contribution in [0.25, 0.3) is 0 Å². The number of carbonyl (C=O) groups excluding carboxylic acids is 1. The van der Waals surface area contributed by atoms with Gasteiger partial charge in [-0.2, -0.15) is 0 Å². The van der Waals surface area contributed by atoms with E-state index < -0.39 is 10.0 Å². The normalized spacial score (nSPS) is 21.6. The minimum atomic E-state index is -3.66. The molecule has 0 heterocycles. The lowest BCUT2D eigenvalue weighted by Gasteiger charge is -2.34. The Morgan fingerprint density at radius 3 is 2.48 bits per heavy atom. The fourth-order valence-corrected chi connectivity index (χ4v) is 2.79. The molecular weight excluding hydrogens is 292 g/mol. The lowest BCUT2D eigenvalue weighted by Crippen LogP contribution is -2.47. The summed E-state index contributed by atoms with van der Waals surface area (Å²) in [4.78, 5) is 11.9. The Kier molecular flexibility index (Phi) is 4.97. The minimum absolute atomic E-state index is 0.00470. The first-order valence-corrected chi connectivity index (χ1v) is 8.37. The maximum Gasteiger partial charge on any atom is 0.238 e. The summed E-state index contributed by atoms with van der Waals surface area (Å²) in [5.74, 6) is 0.00470. The Bertz CT molecular complexity index is 592. The van der Waals surface area contributed by atoms with E-state index in [4.69, 9.17) is 9.88 Å². The van der Waals surface area contributed by atoms with Crippen molar-refractivity contribution in [1.29, 1.82) is 0 Å². The van der Waals surface area contributed by atoms with Crippen LogP contribution >= 0.6 is 0 Å². The molecule has 1 aliphatic rings. The van der Waals surface area contributed by atoms with Crippen LogP contribution in [0.2, 0.25) is 0 Å². The van der Waals surface area contributed by atoms with Crippen molar-refractivity contribution in [1.82, 2.24) is 5.32 Å². The van der Waals surface area contributed by atoms with Crippen LogP contribution in [0.3, 0.4) is 0 Å². The number of primary sulfonamides is 1. The number of aryl methyl sites for hydroxylation is 1. The van der Waals surface area contributed by atoms with Gasteiger partial charge in [-0.15, -0.1) is 0 Å². The van der Waals surface area contributed by atoms with Crippen molar-refractivity contribution in [2.75, 3.05) is 7.11 Å². The molecule has 1 saturated carbocycles. The predicted octanol–water partition coefficient (Wildman–Crippen LogP) is 0.560. The quantitative estimate of drug-likeness (QED) is 0.802. The summed E-state index contributed by atoms with van der Waals surface area (Å²) in [6, 6.07) is 6.48. The van der Waals surface area contributed by atoms with Crippen LogP contribution in [0.4, 0.5) is 0 Å². The highest BCUT2D eigenvalue weighted by Crippen LogP contribution is 2.22. The summed E-state index contributed by atoms with van der Waals surface area (Å²) in [5, 5.41) is 7.98. The molecule has 2 rings (SSSR count). The molecule has 3 N–H and O–H groups in total. The van der Waals surface area contributed by atoms with Gasteiger partial charge in [0.2, 0.25) is 15.9 Å². The standard InChI is InChI=1S/C14H20N2O4S/c1-20-12-8-11(9-12)16-14(17)7-4-10-2-5-13(6-3-10)21(15,18)19/h2-3,5-6,11-12H,4,7-9H2,1H3,(H,16,17)(H2,15,18,19). The number of rotatable bonds is 6. The van der Waals surface area contributed by atoms with Gasteiger partial charge in [-0.3, -0.25) is 4.79 Å². The number of methoxy groups -OCH3 is 1. The molecule has 0 spiro atoms. The molecule has 0 bridgehead atoms. The van der Waals surface area contributed by atoms with Gasteiger partial charge in [0.25, 0.3) is 0 Å². The maximum absolute atomic E-state index is 11.8. The van der Waals surface area contributed by atoms with Crippen molar-refractivity contribution in [3.8, 4) is 0 Å². The second-order valence-corrected chi connectivity index (χ2v) is 6.84. The van der Waals surface area contributed by atoms with Gasteiger partial charge in [0.05, 0.1) is 11.0 Å². The molecule has 0 unspecified atom stereocenters. The highest BCUT2D eigenvalue weighted by Gasteiger charge is 2.29. The van der Waals surface area contributed by atoms with Crippen LogP contribution in [0, 0.1) is 0 Å². The first-order chi connectivity index (χ1) is 9.88. The van der Waals surface area contributed by atoms with Gasteiger partial charge in [0.15, 0.2) is 0 Å². The van der Waals surface area contributed by atoms with Crippen LogP contribution in [-0.4, -0.2) is 33.6 Å². The molecule has 0 saturated heterocycles. The zero-order chi connectivity index (χ0) is 15.5. The van der Waals surface area contributed by atoms with Crippen molar-refractivity contribution < 1.29 is 17.9 Å². The topological polar surface area (TPSA) is 98.5 Å². The van der Waals surface area contributed by atoms with Gasteiger partial charge in [0, 0.05) is 19.6 Å². The van der Waals surface area contributed by atoms with E-state index in [-0.39, 0.29) is 22.9 Å². The Morgan fingerprint density at radius 2 is 1.95 bits per heavy atom. The molecule has 0 aliphatic heterocycles. The summed E-state index contributed by atoms with van der Waals surface area (Å²) < 4.78 is 27.4. The zero-order valence-corrected chi connectivity index (χ0v) is 12.7. The number of ether oxygens (including phenoxy) is 1. The van der Waals surface area contributed by atoms with Crippen molar-refractivity contribution in [2.24, 2.45) is 5.14 Å². The van der Waals surface area contributed by atoms with E-state index in [0.29, 0.717) is 12.8 Å². The molecule has 1 aliphatic carbocycles. The zero-order valence-electron chi connectivity index (χ0n) is 11.9. The van der Waals surface area contributed by atoms with Gasteiger partial charge in [-0.05, 0) is 37.0 Å². The summed E-state index contributed by atoms with van der Waals surface area (Å²) in [6.07, 6.45) is 2.94. The number of nitrogens with one attached hydrogen (secondary N) is 1. The molecule has 116 valence electrons. The maximum atomic E-state index is 11.8. The van der Waals surface area contributed by atoms with Crippen molar-refractivity contribution in [3.05, 3.63) is 29.8 Å². The van der Waals surface area contributed by atoms with E-state index >= 15 is 0 Å². The third-order valence-electron chi connectivity index (χ3n) is 3.69. The fourth-order valence-electron chi connectivity index (χ4n) is 2.28. The minimum Gasteiger partial charge on any atom is -0.381 e. The average molecular weight is 312 g/mol. The van der Waals surface area contributed by atoms with E-state index in [1.54, 1.807) is 19.2 Å². The van der Waals surface area contributed by atoms with Crippen LogP contribution in [0.1, 0.15) is 24.8 Å². The fraction of sp³-hybridized carbons (Fsp3) is 0.500. The summed E-state index contributed by atoms with van der Waals surface area (Å²) >= 11 is 0. The van der Waals surface area contributed by atoms with Crippen LogP contribution < -0.4 is 10.5 Å². The Balaban J connectivity index is 1.77. The second-order valence-electron chi connectivity index (χ2n) is 5.28. The smallest absolute Gasteiger partial charge is 0.238 e. The van der Waals surface area contributed by atoms with Gasteiger partial charge in [-0.1, -0.05) is 12.1 Å². The highest BCUT2D eigenvalue weighted by molar-refractivity contribution is 7.89. The number of hydrogen-bond acceptors (Lipinski definition) is 4. The lowest BCUT2D eigenvalue weighted by molar-refractivity contribution is -0.123. The average Bonchev–Trinajstić information content (AvgIpc) is 2.39. The molecule has 21 heavy (non-hydrogen) atoms. The Morgan fingerprint density at radius 1 is 1.33 bits per heavy atom. The van der Waals surface area contributed by atoms with Gasteiger partial charge in [-0.25, -0.2) is 13.6 Å².